The maximum atomic E-state index is 12.7. The lowest BCUT2D eigenvalue weighted by Gasteiger charge is -2.32. The van der Waals surface area contributed by atoms with Gasteiger partial charge in [-0.15, -0.1) is 12.4 Å². The highest BCUT2D eigenvalue weighted by Gasteiger charge is 2.30. The van der Waals surface area contributed by atoms with Gasteiger partial charge in [0, 0.05) is 17.6 Å². The van der Waals surface area contributed by atoms with Crippen molar-refractivity contribution in [2.75, 3.05) is 26.2 Å². The van der Waals surface area contributed by atoms with E-state index in [1.165, 1.54) is 4.31 Å². The van der Waals surface area contributed by atoms with Crippen LogP contribution in [0.2, 0.25) is 0 Å². The SMILES string of the molecule is Cl.O=C(O)CNCC1CCCN(S(=O)(=O)c2cccc(Br)c2)C1. The lowest BCUT2D eigenvalue weighted by molar-refractivity contribution is -0.136. The minimum Gasteiger partial charge on any atom is -0.480 e. The summed E-state index contributed by atoms with van der Waals surface area (Å²) in [7, 11) is -3.50. The van der Waals surface area contributed by atoms with Crippen LogP contribution in [0.4, 0.5) is 0 Å². The number of aliphatic carboxylic acids is 1. The van der Waals surface area contributed by atoms with Crippen LogP contribution in [0.3, 0.4) is 0 Å². The minimum absolute atomic E-state index is 0. The van der Waals surface area contributed by atoms with Crippen LogP contribution in [-0.4, -0.2) is 50.0 Å². The first-order valence-corrected chi connectivity index (χ1v) is 9.31. The van der Waals surface area contributed by atoms with Crippen molar-refractivity contribution in [3.63, 3.8) is 0 Å². The number of carboxylic acid groups (broad SMARTS) is 1. The predicted molar refractivity (Wildman–Crippen MR) is 93.4 cm³/mol. The van der Waals surface area contributed by atoms with Crippen LogP contribution in [0.1, 0.15) is 12.8 Å². The van der Waals surface area contributed by atoms with E-state index in [1.807, 2.05) is 0 Å². The number of nitrogens with zero attached hydrogens (tertiary/aromatic N) is 1. The minimum atomic E-state index is -3.50. The zero-order valence-electron chi connectivity index (χ0n) is 12.4. The lowest BCUT2D eigenvalue weighted by Crippen LogP contribution is -2.43. The average molecular weight is 428 g/mol. The van der Waals surface area contributed by atoms with Crippen molar-refractivity contribution < 1.29 is 18.3 Å². The Bertz CT molecular complexity index is 641. The molecular weight excluding hydrogens is 408 g/mol. The maximum Gasteiger partial charge on any atom is 0.317 e. The van der Waals surface area contributed by atoms with Gasteiger partial charge in [-0.3, -0.25) is 4.79 Å². The summed E-state index contributed by atoms with van der Waals surface area (Å²) in [6.07, 6.45) is 1.68. The number of benzene rings is 1. The number of hydrogen-bond donors (Lipinski definition) is 2. The number of piperidine rings is 1. The van der Waals surface area contributed by atoms with Gasteiger partial charge in [-0.05, 0) is 43.5 Å². The third kappa shape index (κ3) is 5.72. The largest absolute Gasteiger partial charge is 0.480 e. The van der Waals surface area contributed by atoms with Crippen molar-refractivity contribution in [1.82, 2.24) is 9.62 Å². The molecule has 1 atom stereocenters. The molecule has 0 aromatic heterocycles. The van der Waals surface area contributed by atoms with Gasteiger partial charge >= 0.3 is 5.97 Å². The second-order valence-corrected chi connectivity index (χ2v) is 8.21. The molecule has 1 aliphatic rings. The standard InChI is InChI=1S/C14H19BrN2O4S.ClH/c15-12-4-1-5-13(7-12)22(20,21)17-6-2-3-11(10-17)8-16-9-14(18)19;/h1,4-5,7,11,16H,2-3,6,8-10H2,(H,18,19);1H. The molecule has 1 aromatic carbocycles. The number of rotatable bonds is 6. The van der Waals surface area contributed by atoms with Gasteiger partial charge in [0.25, 0.3) is 0 Å². The van der Waals surface area contributed by atoms with Crippen LogP contribution >= 0.6 is 28.3 Å². The van der Waals surface area contributed by atoms with Gasteiger partial charge in [0.1, 0.15) is 0 Å². The average Bonchev–Trinajstić information content (AvgIpc) is 2.47. The van der Waals surface area contributed by atoms with Gasteiger partial charge < -0.3 is 10.4 Å². The summed E-state index contributed by atoms with van der Waals surface area (Å²) < 4.78 is 27.5. The molecular formula is C14H20BrClN2O4S. The smallest absolute Gasteiger partial charge is 0.317 e. The van der Waals surface area contributed by atoms with Crippen LogP contribution in [0, 0.1) is 5.92 Å². The summed E-state index contributed by atoms with van der Waals surface area (Å²) in [5, 5.41) is 11.5. The first kappa shape index (κ1) is 20.4. The van der Waals surface area contributed by atoms with Crippen LogP contribution in [-0.2, 0) is 14.8 Å². The van der Waals surface area contributed by atoms with E-state index in [1.54, 1.807) is 24.3 Å². The van der Waals surface area contributed by atoms with E-state index in [9.17, 15) is 13.2 Å². The van der Waals surface area contributed by atoms with E-state index >= 15 is 0 Å². The predicted octanol–water partition coefficient (Wildman–Crippen LogP) is 1.95. The first-order valence-electron chi connectivity index (χ1n) is 7.08. The van der Waals surface area contributed by atoms with Crippen molar-refractivity contribution >= 4 is 44.3 Å². The van der Waals surface area contributed by atoms with E-state index in [0.717, 1.165) is 17.3 Å². The fourth-order valence-corrected chi connectivity index (χ4v) is 4.72. The monoisotopic (exact) mass is 426 g/mol. The number of carboxylic acids is 1. The molecule has 6 nitrogen and oxygen atoms in total. The van der Waals surface area contributed by atoms with E-state index in [4.69, 9.17) is 5.11 Å². The summed E-state index contributed by atoms with van der Waals surface area (Å²) in [6.45, 7) is 1.33. The molecule has 0 aliphatic carbocycles. The Balaban J connectivity index is 0.00000264. The third-order valence-electron chi connectivity index (χ3n) is 3.62. The summed E-state index contributed by atoms with van der Waals surface area (Å²) >= 11 is 3.29. The normalized spacial score (nSPS) is 19.1. The second kappa shape index (κ2) is 8.98. The zero-order valence-corrected chi connectivity index (χ0v) is 15.7. The molecule has 130 valence electrons. The topological polar surface area (TPSA) is 86.7 Å². The van der Waals surface area contributed by atoms with Crippen molar-refractivity contribution in [3.8, 4) is 0 Å². The van der Waals surface area contributed by atoms with Crippen LogP contribution in [0.15, 0.2) is 33.6 Å². The molecule has 1 heterocycles. The molecule has 0 radical (unpaired) electrons. The first-order chi connectivity index (χ1) is 10.4. The Kier molecular flexibility index (Phi) is 7.96. The Morgan fingerprint density at radius 1 is 1.43 bits per heavy atom. The number of hydrogen-bond acceptors (Lipinski definition) is 4. The molecule has 9 heteroatoms. The molecule has 2 N–H and O–H groups in total. The van der Waals surface area contributed by atoms with E-state index < -0.39 is 16.0 Å². The summed E-state index contributed by atoms with van der Waals surface area (Å²) in [4.78, 5) is 10.8. The van der Waals surface area contributed by atoms with E-state index in [2.05, 4.69) is 21.2 Å². The van der Waals surface area contributed by atoms with Crippen LogP contribution < -0.4 is 5.32 Å². The molecule has 0 spiro atoms. The molecule has 2 rings (SSSR count). The van der Waals surface area contributed by atoms with Crippen molar-refractivity contribution in [2.24, 2.45) is 5.92 Å². The Morgan fingerprint density at radius 3 is 2.83 bits per heavy atom. The third-order valence-corrected chi connectivity index (χ3v) is 5.98. The van der Waals surface area contributed by atoms with Gasteiger partial charge in [-0.2, -0.15) is 4.31 Å². The molecule has 1 aromatic rings. The van der Waals surface area contributed by atoms with Gasteiger partial charge in [0.05, 0.1) is 11.4 Å². The van der Waals surface area contributed by atoms with Crippen molar-refractivity contribution in [2.45, 2.75) is 17.7 Å². The molecule has 0 amide bonds. The molecule has 1 fully saturated rings. The van der Waals surface area contributed by atoms with Crippen LogP contribution in [0.25, 0.3) is 0 Å². The number of nitrogens with one attached hydrogen (secondary N) is 1. The Hall–Kier alpha value is -0.670. The highest BCUT2D eigenvalue weighted by Crippen LogP contribution is 2.25. The fourth-order valence-electron chi connectivity index (χ4n) is 2.57. The van der Waals surface area contributed by atoms with Crippen LogP contribution in [0.5, 0.6) is 0 Å². The Morgan fingerprint density at radius 2 is 2.17 bits per heavy atom. The Labute approximate surface area is 150 Å². The quantitative estimate of drug-likeness (QED) is 0.724. The highest BCUT2D eigenvalue weighted by atomic mass is 79.9. The lowest BCUT2D eigenvalue weighted by atomic mass is 10.00. The van der Waals surface area contributed by atoms with Gasteiger partial charge in [0.2, 0.25) is 10.0 Å². The van der Waals surface area contributed by atoms with E-state index in [0.29, 0.717) is 19.6 Å². The molecule has 0 bridgehead atoms. The van der Waals surface area contributed by atoms with E-state index in [-0.39, 0.29) is 29.8 Å². The molecule has 0 saturated carbocycles. The van der Waals surface area contributed by atoms with Gasteiger partial charge in [-0.1, -0.05) is 22.0 Å². The fraction of sp³-hybridized carbons (Fsp3) is 0.500. The highest BCUT2D eigenvalue weighted by molar-refractivity contribution is 9.10. The maximum absolute atomic E-state index is 12.7. The zero-order chi connectivity index (χ0) is 16.2. The van der Waals surface area contributed by atoms with Crippen molar-refractivity contribution in [3.05, 3.63) is 28.7 Å². The number of carbonyl (C=O) groups is 1. The van der Waals surface area contributed by atoms with Crippen molar-refractivity contribution in [1.29, 1.82) is 0 Å². The number of halogens is 2. The number of sulfonamides is 1. The molecule has 1 saturated heterocycles. The second-order valence-electron chi connectivity index (χ2n) is 5.35. The summed E-state index contributed by atoms with van der Waals surface area (Å²) in [5.74, 6) is -0.774. The molecule has 1 aliphatic heterocycles. The molecule has 23 heavy (non-hydrogen) atoms. The summed E-state index contributed by atoms with van der Waals surface area (Å²) in [6, 6.07) is 6.68. The molecule has 1 unspecified atom stereocenters. The summed E-state index contributed by atoms with van der Waals surface area (Å²) in [5.41, 5.74) is 0. The van der Waals surface area contributed by atoms with Gasteiger partial charge in [0.15, 0.2) is 0 Å². The van der Waals surface area contributed by atoms with Gasteiger partial charge in [-0.25, -0.2) is 8.42 Å².